The van der Waals surface area contributed by atoms with Gasteiger partial charge in [-0.1, -0.05) is 36.4 Å². The topological polar surface area (TPSA) is 147 Å². The number of amides is 5. The number of likely N-dealkylation sites (N-methyl/N-ethyl adjacent to an activating group) is 1. The third-order valence-corrected chi connectivity index (χ3v) is 10.4. The van der Waals surface area contributed by atoms with Crippen molar-refractivity contribution < 1.29 is 38.2 Å². The molecule has 4 aromatic carbocycles. The number of unbranched alkanes of at least 4 members (excludes halogenated alkanes) is 2. The fraction of sp³-hybridized carbons (Fsp3) is 0.370. The predicted molar refractivity (Wildman–Crippen MR) is 224 cm³/mol. The molecule has 5 amide bonds. The number of nitrogens with one attached hydrogen (secondary N) is 2. The number of carbonyl (C=O) groups excluding carboxylic acids is 5. The third kappa shape index (κ3) is 11.1. The molecule has 2 aliphatic heterocycles. The number of ether oxygens (including phenoxy) is 3. The number of hydrogen-bond acceptors (Lipinski definition) is 9. The summed E-state index contributed by atoms with van der Waals surface area (Å²) in [5, 5.41) is 5.91. The second-order valence-electron chi connectivity index (χ2n) is 14.7. The zero-order valence-electron chi connectivity index (χ0n) is 34.1. The summed E-state index contributed by atoms with van der Waals surface area (Å²) in [5.74, 6) is 0.282. The van der Waals surface area contributed by atoms with Gasteiger partial charge in [-0.05, 0) is 101 Å². The van der Waals surface area contributed by atoms with Gasteiger partial charge in [0.05, 0.1) is 42.2 Å². The number of aryl methyl sites for hydroxylation is 1. The van der Waals surface area contributed by atoms with Crippen LogP contribution >= 0.6 is 0 Å². The normalized spacial score (nSPS) is 13.9. The van der Waals surface area contributed by atoms with Crippen LogP contribution in [0.15, 0.2) is 84.9 Å². The molecule has 1 saturated heterocycles. The van der Waals surface area contributed by atoms with Gasteiger partial charge in [-0.15, -0.1) is 0 Å². The van der Waals surface area contributed by atoms with E-state index < -0.39 is 0 Å². The molecule has 0 saturated carbocycles. The second kappa shape index (κ2) is 20.5. The van der Waals surface area contributed by atoms with Crippen molar-refractivity contribution >= 4 is 35.2 Å². The SMILES string of the molecule is CCOc1cc(C(=O)Nc2ccc(C)cc2OCCCCCC(=O)N2CCN(C)CC2)ccc1CNC(=O)c1ccccc1OCCCN1C(=O)c2ccccc2C1=O. The van der Waals surface area contributed by atoms with Crippen LogP contribution in [-0.2, 0) is 11.3 Å². The molecule has 13 heteroatoms. The highest BCUT2D eigenvalue weighted by atomic mass is 16.5. The lowest BCUT2D eigenvalue weighted by molar-refractivity contribution is -0.132. The van der Waals surface area contributed by atoms with Crippen molar-refractivity contribution in [1.82, 2.24) is 20.0 Å². The smallest absolute Gasteiger partial charge is 0.261 e. The number of piperazine rings is 1. The van der Waals surface area contributed by atoms with Crippen molar-refractivity contribution in [2.75, 3.05) is 64.9 Å². The average Bonchev–Trinajstić information content (AvgIpc) is 3.49. The molecule has 1 fully saturated rings. The molecule has 310 valence electrons. The van der Waals surface area contributed by atoms with Gasteiger partial charge >= 0.3 is 0 Å². The largest absolute Gasteiger partial charge is 0.494 e. The van der Waals surface area contributed by atoms with E-state index in [9.17, 15) is 24.0 Å². The lowest BCUT2D eigenvalue weighted by Gasteiger charge is -2.32. The Morgan fingerprint density at radius 3 is 2.14 bits per heavy atom. The third-order valence-electron chi connectivity index (χ3n) is 10.4. The van der Waals surface area contributed by atoms with Crippen LogP contribution in [-0.4, -0.2) is 104 Å². The van der Waals surface area contributed by atoms with Gasteiger partial charge in [0.2, 0.25) is 5.91 Å². The Bertz CT molecular complexity index is 2110. The first-order chi connectivity index (χ1) is 28.6. The number of anilines is 1. The number of rotatable bonds is 19. The van der Waals surface area contributed by atoms with Gasteiger partial charge in [-0.2, -0.15) is 0 Å². The molecule has 4 aromatic rings. The first kappa shape index (κ1) is 42.4. The standard InChI is InChI=1S/C46H53N5O8/c1-4-57-40-30-33(43(53)48-38-21-18-32(2)29-41(38)59-27-11-5-6-17-42(52)50-25-23-49(3)24-26-50)19-20-34(40)31-47-44(54)37-15-9-10-16-39(37)58-28-12-22-51-45(55)35-13-7-8-14-36(35)46(51)56/h7-10,13-16,18-21,29-30H,4-6,11-12,17,22-28,31H2,1-3H3,(H,47,54)(H,48,53). The van der Waals surface area contributed by atoms with Gasteiger partial charge in [0.25, 0.3) is 23.6 Å². The van der Waals surface area contributed by atoms with E-state index in [1.165, 1.54) is 4.90 Å². The Morgan fingerprint density at radius 2 is 1.39 bits per heavy atom. The highest BCUT2D eigenvalue weighted by Crippen LogP contribution is 2.29. The zero-order valence-corrected chi connectivity index (χ0v) is 34.1. The molecule has 13 nitrogen and oxygen atoms in total. The van der Waals surface area contributed by atoms with Crippen molar-refractivity contribution in [1.29, 1.82) is 0 Å². The van der Waals surface area contributed by atoms with Crippen LogP contribution in [0.25, 0.3) is 0 Å². The molecule has 2 N–H and O–H groups in total. The molecular weight excluding hydrogens is 751 g/mol. The summed E-state index contributed by atoms with van der Waals surface area (Å²) < 4.78 is 18.0. The average molecular weight is 804 g/mol. The van der Waals surface area contributed by atoms with Crippen molar-refractivity contribution in [3.63, 3.8) is 0 Å². The van der Waals surface area contributed by atoms with E-state index in [1.807, 2.05) is 36.9 Å². The number of para-hydroxylation sites is 1. The number of imide groups is 1. The van der Waals surface area contributed by atoms with Crippen LogP contribution in [0.5, 0.6) is 17.2 Å². The maximum Gasteiger partial charge on any atom is 0.261 e. The van der Waals surface area contributed by atoms with E-state index in [-0.39, 0.29) is 49.2 Å². The minimum absolute atomic E-state index is 0.129. The van der Waals surface area contributed by atoms with E-state index in [1.54, 1.807) is 66.7 Å². The Hall–Kier alpha value is -6.21. The number of nitrogens with zero attached hydrogens (tertiary/aromatic N) is 3. The Labute approximate surface area is 345 Å². The molecule has 2 heterocycles. The first-order valence-electron chi connectivity index (χ1n) is 20.3. The maximum atomic E-state index is 13.5. The summed E-state index contributed by atoms with van der Waals surface area (Å²) in [7, 11) is 2.08. The molecule has 0 atom stereocenters. The second-order valence-corrected chi connectivity index (χ2v) is 14.7. The Kier molecular flexibility index (Phi) is 14.7. The number of benzene rings is 4. The van der Waals surface area contributed by atoms with Crippen LogP contribution < -0.4 is 24.8 Å². The van der Waals surface area contributed by atoms with Crippen molar-refractivity contribution in [2.45, 2.75) is 52.5 Å². The van der Waals surface area contributed by atoms with Gasteiger partial charge in [-0.25, -0.2) is 0 Å². The van der Waals surface area contributed by atoms with E-state index in [2.05, 4.69) is 22.6 Å². The Morgan fingerprint density at radius 1 is 0.695 bits per heavy atom. The van der Waals surface area contributed by atoms with Gasteiger partial charge in [-0.3, -0.25) is 28.9 Å². The first-order valence-corrected chi connectivity index (χ1v) is 20.3. The quantitative estimate of drug-likeness (QED) is 0.0818. The highest BCUT2D eigenvalue weighted by molar-refractivity contribution is 6.21. The minimum Gasteiger partial charge on any atom is -0.494 e. The highest BCUT2D eigenvalue weighted by Gasteiger charge is 2.34. The summed E-state index contributed by atoms with van der Waals surface area (Å²) in [6.45, 7) is 8.53. The van der Waals surface area contributed by atoms with Crippen LogP contribution in [0.1, 0.15) is 91.6 Å². The molecule has 2 aliphatic rings. The summed E-state index contributed by atoms with van der Waals surface area (Å²) >= 11 is 0. The van der Waals surface area contributed by atoms with Gasteiger partial charge in [0.15, 0.2) is 0 Å². The van der Waals surface area contributed by atoms with Crippen LogP contribution in [0.2, 0.25) is 0 Å². The van der Waals surface area contributed by atoms with Crippen molar-refractivity contribution in [3.05, 3.63) is 118 Å². The fourth-order valence-corrected chi connectivity index (χ4v) is 7.03. The lowest BCUT2D eigenvalue weighted by Crippen LogP contribution is -2.47. The number of hydrogen-bond donors (Lipinski definition) is 2. The minimum atomic E-state index is -0.365. The van der Waals surface area contributed by atoms with Gasteiger partial charge in [0, 0.05) is 56.8 Å². The zero-order chi connectivity index (χ0) is 41.7. The summed E-state index contributed by atoms with van der Waals surface area (Å²) in [6, 6.07) is 24.3. The molecule has 0 unspecified atom stereocenters. The molecule has 59 heavy (non-hydrogen) atoms. The molecule has 0 bridgehead atoms. The van der Waals surface area contributed by atoms with Gasteiger partial charge in [0.1, 0.15) is 17.2 Å². The molecule has 0 aliphatic carbocycles. The van der Waals surface area contributed by atoms with Crippen LogP contribution in [0, 0.1) is 6.92 Å². The Balaban J connectivity index is 0.984. The number of carbonyl (C=O) groups is 5. The van der Waals surface area contributed by atoms with E-state index >= 15 is 0 Å². The van der Waals surface area contributed by atoms with Crippen LogP contribution in [0.3, 0.4) is 0 Å². The summed E-state index contributed by atoms with van der Waals surface area (Å²) in [6.07, 6.45) is 3.39. The van der Waals surface area contributed by atoms with E-state index in [4.69, 9.17) is 14.2 Å². The molecule has 0 spiro atoms. The molecule has 6 rings (SSSR count). The fourth-order valence-electron chi connectivity index (χ4n) is 7.03. The maximum absolute atomic E-state index is 13.5. The van der Waals surface area contributed by atoms with Crippen molar-refractivity contribution in [2.24, 2.45) is 0 Å². The van der Waals surface area contributed by atoms with Crippen LogP contribution in [0.4, 0.5) is 5.69 Å². The summed E-state index contributed by atoms with van der Waals surface area (Å²) in [4.78, 5) is 70.3. The monoisotopic (exact) mass is 803 g/mol. The molecule has 0 aromatic heterocycles. The predicted octanol–water partition coefficient (Wildman–Crippen LogP) is 6.35. The lowest BCUT2D eigenvalue weighted by atomic mass is 10.1. The van der Waals surface area contributed by atoms with Gasteiger partial charge < -0.3 is 34.6 Å². The van der Waals surface area contributed by atoms with Crippen molar-refractivity contribution in [3.8, 4) is 17.2 Å². The molecule has 0 radical (unpaired) electrons. The summed E-state index contributed by atoms with van der Waals surface area (Å²) in [5.41, 5.74) is 3.73. The van der Waals surface area contributed by atoms with E-state index in [0.717, 1.165) is 51.0 Å². The van der Waals surface area contributed by atoms with E-state index in [0.29, 0.717) is 76.8 Å². The molecular formula is C46H53N5O8. The number of fused-ring (bicyclic) bond motifs is 1.